The van der Waals surface area contributed by atoms with Crippen LogP contribution in [0.15, 0.2) is 24.3 Å². The van der Waals surface area contributed by atoms with Crippen LogP contribution in [0.5, 0.6) is 0 Å². The molecule has 0 aliphatic carbocycles. The van der Waals surface area contributed by atoms with E-state index in [2.05, 4.69) is 24.8 Å². The van der Waals surface area contributed by atoms with Crippen molar-refractivity contribution in [2.75, 3.05) is 19.8 Å². The summed E-state index contributed by atoms with van der Waals surface area (Å²) >= 11 is 5.11. The molecule has 0 bridgehead atoms. The Morgan fingerprint density at radius 2 is 2.17 bits per heavy atom. The smallest absolute Gasteiger partial charge is 0.104 e. The Kier molecular flexibility index (Phi) is 4.00. The number of rotatable bonds is 3. The van der Waals surface area contributed by atoms with Gasteiger partial charge in [0.2, 0.25) is 0 Å². The minimum absolute atomic E-state index is 0.0571. The van der Waals surface area contributed by atoms with Gasteiger partial charge in [-0.25, -0.2) is 0 Å². The standard InChI is InChI=1S/C14H20N2OS/c1-14(2)10-17-8-7-16(14)9-11-5-3-4-6-12(11)13(15)18/h3-6H,7-10H2,1-2H3,(H2,15,18). The van der Waals surface area contributed by atoms with Crippen molar-refractivity contribution in [3.63, 3.8) is 0 Å². The summed E-state index contributed by atoms with van der Waals surface area (Å²) in [7, 11) is 0. The van der Waals surface area contributed by atoms with Gasteiger partial charge in [-0.1, -0.05) is 36.5 Å². The van der Waals surface area contributed by atoms with E-state index in [1.165, 1.54) is 5.56 Å². The molecule has 0 unspecified atom stereocenters. The summed E-state index contributed by atoms with van der Waals surface area (Å²) in [6, 6.07) is 8.10. The van der Waals surface area contributed by atoms with E-state index in [0.717, 1.165) is 31.9 Å². The molecule has 0 radical (unpaired) electrons. The molecular formula is C14H20N2OS. The number of hydrogen-bond donors (Lipinski definition) is 1. The lowest BCUT2D eigenvalue weighted by molar-refractivity contribution is -0.0552. The van der Waals surface area contributed by atoms with Gasteiger partial charge in [0.25, 0.3) is 0 Å². The van der Waals surface area contributed by atoms with Crippen LogP contribution in [0.2, 0.25) is 0 Å². The van der Waals surface area contributed by atoms with Crippen molar-refractivity contribution >= 4 is 17.2 Å². The highest BCUT2D eigenvalue weighted by molar-refractivity contribution is 7.80. The minimum Gasteiger partial charge on any atom is -0.389 e. The first-order valence-corrected chi connectivity index (χ1v) is 6.62. The molecule has 1 aliphatic heterocycles. The van der Waals surface area contributed by atoms with E-state index in [0.29, 0.717) is 4.99 Å². The Morgan fingerprint density at radius 1 is 1.44 bits per heavy atom. The summed E-state index contributed by atoms with van der Waals surface area (Å²) in [5.74, 6) is 0. The summed E-state index contributed by atoms with van der Waals surface area (Å²) in [5, 5.41) is 0. The maximum atomic E-state index is 5.78. The first kappa shape index (κ1) is 13.5. The van der Waals surface area contributed by atoms with Gasteiger partial charge in [-0.2, -0.15) is 0 Å². The van der Waals surface area contributed by atoms with Gasteiger partial charge in [0.1, 0.15) is 4.99 Å². The van der Waals surface area contributed by atoms with Crippen molar-refractivity contribution in [1.82, 2.24) is 4.90 Å². The molecule has 1 aliphatic rings. The molecule has 0 atom stereocenters. The van der Waals surface area contributed by atoms with E-state index >= 15 is 0 Å². The Balaban J connectivity index is 2.21. The molecule has 1 aromatic carbocycles. The van der Waals surface area contributed by atoms with Crippen molar-refractivity contribution in [3.8, 4) is 0 Å². The Hall–Kier alpha value is -0.970. The molecule has 0 spiro atoms. The van der Waals surface area contributed by atoms with Gasteiger partial charge >= 0.3 is 0 Å². The van der Waals surface area contributed by atoms with Crippen molar-refractivity contribution in [3.05, 3.63) is 35.4 Å². The van der Waals surface area contributed by atoms with Gasteiger partial charge in [0, 0.05) is 24.2 Å². The van der Waals surface area contributed by atoms with Gasteiger partial charge in [-0.05, 0) is 19.4 Å². The molecular weight excluding hydrogens is 244 g/mol. The number of thiocarbonyl (C=S) groups is 1. The van der Waals surface area contributed by atoms with Gasteiger partial charge in [0.05, 0.1) is 13.2 Å². The fourth-order valence-electron chi connectivity index (χ4n) is 2.29. The first-order valence-electron chi connectivity index (χ1n) is 6.21. The highest BCUT2D eigenvalue weighted by Gasteiger charge is 2.30. The molecule has 2 N–H and O–H groups in total. The molecule has 0 aromatic heterocycles. The lowest BCUT2D eigenvalue weighted by Crippen LogP contribution is -2.52. The largest absolute Gasteiger partial charge is 0.389 e. The molecule has 2 rings (SSSR count). The average Bonchev–Trinajstić information content (AvgIpc) is 2.32. The topological polar surface area (TPSA) is 38.5 Å². The molecule has 0 saturated carbocycles. The van der Waals surface area contributed by atoms with Crippen LogP contribution in [-0.2, 0) is 11.3 Å². The van der Waals surface area contributed by atoms with Crippen LogP contribution in [-0.4, -0.2) is 35.2 Å². The normalized spacial score (nSPS) is 19.7. The number of ether oxygens (including phenoxy) is 1. The van der Waals surface area contributed by atoms with Gasteiger partial charge in [-0.15, -0.1) is 0 Å². The van der Waals surface area contributed by atoms with Crippen LogP contribution < -0.4 is 5.73 Å². The number of hydrogen-bond acceptors (Lipinski definition) is 3. The van der Waals surface area contributed by atoms with Crippen molar-refractivity contribution in [2.45, 2.75) is 25.9 Å². The van der Waals surface area contributed by atoms with Crippen LogP contribution in [0.1, 0.15) is 25.0 Å². The molecule has 4 heteroatoms. The maximum Gasteiger partial charge on any atom is 0.104 e. The molecule has 1 aromatic rings. The molecule has 0 amide bonds. The van der Waals surface area contributed by atoms with E-state index < -0.39 is 0 Å². The molecule has 3 nitrogen and oxygen atoms in total. The quantitative estimate of drug-likeness (QED) is 0.847. The Labute approximate surface area is 114 Å². The predicted molar refractivity (Wildman–Crippen MR) is 77.6 cm³/mol. The number of benzene rings is 1. The zero-order valence-electron chi connectivity index (χ0n) is 11.0. The van der Waals surface area contributed by atoms with E-state index in [4.69, 9.17) is 22.7 Å². The van der Waals surface area contributed by atoms with E-state index in [9.17, 15) is 0 Å². The molecule has 18 heavy (non-hydrogen) atoms. The number of nitrogens with zero attached hydrogens (tertiary/aromatic N) is 1. The summed E-state index contributed by atoms with van der Waals surface area (Å²) < 4.78 is 5.54. The maximum absolute atomic E-state index is 5.78. The highest BCUT2D eigenvalue weighted by Crippen LogP contribution is 2.22. The minimum atomic E-state index is 0.0571. The van der Waals surface area contributed by atoms with Crippen LogP contribution in [0, 0.1) is 0 Å². The fraction of sp³-hybridized carbons (Fsp3) is 0.500. The second-order valence-electron chi connectivity index (χ2n) is 5.31. The summed E-state index contributed by atoms with van der Waals surface area (Å²) in [4.78, 5) is 2.89. The summed E-state index contributed by atoms with van der Waals surface area (Å²) in [6.45, 7) is 7.77. The lowest BCUT2D eigenvalue weighted by atomic mass is 9.99. The van der Waals surface area contributed by atoms with E-state index in [1.807, 2.05) is 18.2 Å². The van der Waals surface area contributed by atoms with Crippen molar-refractivity contribution in [2.24, 2.45) is 5.73 Å². The Bertz CT molecular complexity index is 445. The molecule has 1 heterocycles. The number of morpholine rings is 1. The molecule has 1 saturated heterocycles. The predicted octanol–water partition coefficient (Wildman–Crippen LogP) is 1.93. The molecule has 1 fully saturated rings. The average molecular weight is 264 g/mol. The first-order chi connectivity index (χ1) is 8.50. The molecule has 98 valence electrons. The number of nitrogens with two attached hydrogens (primary N) is 1. The van der Waals surface area contributed by atoms with E-state index in [-0.39, 0.29) is 5.54 Å². The van der Waals surface area contributed by atoms with Crippen LogP contribution in [0.3, 0.4) is 0 Å². The third kappa shape index (κ3) is 2.88. The third-order valence-electron chi connectivity index (χ3n) is 3.46. The monoisotopic (exact) mass is 264 g/mol. The van der Waals surface area contributed by atoms with Crippen LogP contribution >= 0.6 is 12.2 Å². The van der Waals surface area contributed by atoms with Gasteiger partial charge in [-0.3, -0.25) is 4.90 Å². The Morgan fingerprint density at radius 3 is 2.83 bits per heavy atom. The second-order valence-corrected chi connectivity index (χ2v) is 5.75. The second kappa shape index (κ2) is 5.34. The summed E-state index contributed by atoms with van der Waals surface area (Å²) in [5.41, 5.74) is 8.01. The van der Waals surface area contributed by atoms with Gasteiger partial charge < -0.3 is 10.5 Å². The summed E-state index contributed by atoms with van der Waals surface area (Å²) in [6.07, 6.45) is 0. The van der Waals surface area contributed by atoms with Crippen molar-refractivity contribution < 1.29 is 4.74 Å². The highest BCUT2D eigenvalue weighted by atomic mass is 32.1. The fourth-order valence-corrected chi connectivity index (χ4v) is 2.49. The third-order valence-corrected chi connectivity index (χ3v) is 3.68. The van der Waals surface area contributed by atoms with Crippen molar-refractivity contribution in [1.29, 1.82) is 0 Å². The lowest BCUT2D eigenvalue weighted by Gasteiger charge is -2.42. The zero-order chi connectivity index (χ0) is 13.2. The van der Waals surface area contributed by atoms with E-state index in [1.54, 1.807) is 0 Å². The SMILES string of the molecule is CC1(C)COCCN1Cc1ccccc1C(N)=S. The van der Waals surface area contributed by atoms with Crippen LogP contribution in [0.4, 0.5) is 0 Å². The van der Waals surface area contributed by atoms with Gasteiger partial charge in [0.15, 0.2) is 0 Å². The zero-order valence-corrected chi connectivity index (χ0v) is 11.8. The van der Waals surface area contributed by atoms with Crippen LogP contribution in [0.25, 0.3) is 0 Å².